The van der Waals surface area contributed by atoms with Crippen molar-refractivity contribution in [2.24, 2.45) is 0 Å². The number of nitrogens with zero attached hydrogens (tertiary/aromatic N) is 4. The van der Waals surface area contributed by atoms with Crippen molar-refractivity contribution in [2.45, 2.75) is 13.3 Å². The molecule has 2 aromatic heterocycles. The van der Waals surface area contributed by atoms with Crippen LogP contribution in [-0.2, 0) is 11.2 Å². The Hall–Kier alpha value is -3.52. The Labute approximate surface area is 181 Å². The number of ether oxygens (including phenoxy) is 2. The second kappa shape index (κ2) is 9.09. The average Bonchev–Trinajstić information content (AvgIpc) is 2.83. The zero-order chi connectivity index (χ0) is 21.8. The minimum atomic E-state index is -0.0633. The van der Waals surface area contributed by atoms with E-state index in [2.05, 4.69) is 15.0 Å². The van der Waals surface area contributed by atoms with E-state index in [1.54, 1.807) is 36.7 Å². The molecule has 0 spiro atoms. The number of methoxy groups -OCH3 is 1. The summed E-state index contributed by atoms with van der Waals surface area (Å²) >= 11 is 0. The summed E-state index contributed by atoms with van der Waals surface area (Å²) in [7, 11) is 1.57. The van der Waals surface area contributed by atoms with E-state index in [9.17, 15) is 4.79 Å². The summed E-state index contributed by atoms with van der Waals surface area (Å²) in [6, 6.07) is 9.22. The highest BCUT2D eigenvalue weighted by atomic mass is 16.5. The lowest BCUT2D eigenvalue weighted by Crippen LogP contribution is -2.40. The Morgan fingerprint density at radius 3 is 2.58 bits per heavy atom. The largest absolute Gasteiger partial charge is 0.496 e. The van der Waals surface area contributed by atoms with Crippen LogP contribution < -0.4 is 10.5 Å². The summed E-state index contributed by atoms with van der Waals surface area (Å²) < 4.78 is 10.9. The van der Waals surface area contributed by atoms with Crippen LogP contribution in [0.5, 0.6) is 5.75 Å². The lowest BCUT2D eigenvalue weighted by molar-refractivity contribution is 0.0301. The smallest absolute Gasteiger partial charge is 0.257 e. The van der Waals surface area contributed by atoms with Gasteiger partial charge in [-0.25, -0.2) is 15.0 Å². The van der Waals surface area contributed by atoms with Gasteiger partial charge in [-0.2, -0.15) is 0 Å². The SMILES string of the molecule is CCc1ncnc(-c2ccc(C(=O)N3CCOCC3)c(OC)c2)c1-c1ccc(N)nc1. The van der Waals surface area contributed by atoms with Gasteiger partial charge < -0.3 is 20.1 Å². The van der Waals surface area contributed by atoms with Crippen molar-refractivity contribution in [3.05, 3.63) is 54.1 Å². The van der Waals surface area contributed by atoms with E-state index in [0.29, 0.717) is 43.4 Å². The third-order valence-corrected chi connectivity index (χ3v) is 5.34. The number of amides is 1. The van der Waals surface area contributed by atoms with E-state index >= 15 is 0 Å². The van der Waals surface area contributed by atoms with Crippen LogP contribution in [0, 0.1) is 0 Å². The molecule has 160 valence electrons. The number of nitrogens with two attached hydrogens (primary N) is 1. The van der Waals surface area contributed by atoms with Gasteiger partial charge in [0.05, 0.1) is 37.3 Å². The van der Waals surface area contributed by atoms with Gasteiger partial charge in [0, 0.05) is 36.0 Å². The van der Waals surface area contributed by atoms with Crippen molar-refractivity contribution < 1.29 is 14.3 Å². The number of carbonyl (C=O) groups excluding carboxylic acids is 1. The first-order valence-electron chi connectivity index (χ1n) is 10.2. The number of carbonyl (C=O) groups is 1. The van der Waals surface area contributed by atoms with Gasteiger partial charge in [-0.3, -0.25) is 4.79 Å². The van der Waals surface area contributed by atoms with E-state index in [4.69, 9.17) is 15.2 Å². The summed E-state index contributed by atoms with van der Waals surface area (Å²) in [6.07, 6.45) is 4.02. The maximum absolute atomic E-state index is 13.0. The van der Waals surface area contributed by atoms with Crippen LogP contribution in [0.2, 0.25) is 0 Å². The Bertz CT molecular complexity index is 1080. The minimum absolute atomic E-state index is 0.0633. The van der Waals surface area contributed by atoms with Crippen molar-refractivity contribution in [3.63, 3.8) is 0 Å². The monoisotopic (exact) mass is 419 g/mol. The first-order chi connectivity index (χ1) is 15.1. The van der Waals surface area contributed by atoms with E-state index < -0.39 is 0 Å². The molecule has 3 heterocycles. The Morgan fingerprint density at radius 1 is 1.13 bits per heavy atom. The van der Waals surface area contributed by atoms with Gasteiger partial charge in [-0.1, -0.05) is 13.0 Å². The molecule has 0 unspecified atom stereocenters. The summed E-state index contributed by atoms with van der Waals surface area (Å²) in [6.45, 7) is 4.29. The molecule has 1 fully saturated rings. The van der Waals surface area contributed by atoms with Crippen molar-refractivity contribution >= 4 is 11.7 Å². The number of aryl methyl sites for hydroxylation is 1. The third kappa shape index (κ3) is 4.20. The van der Waals surface area contributed by atoms with Crippen molar-refractivity contribution in [2.75, 3.05) is 39.1 Å². The predicted molar refractivity (Wildman–Crippen MR) is 118 cm³/mol. The lowest BCUT2D eigenvalue weighted by atomic mass is 9.96. The molecule has 31 heavy (non-hydrogen) atoms. The van der Waals surface area contributed by atoms with Gasteiger partial charge in [0.2, 0.25) is 0 Å². The van der Waals surface area contributed by atoms with Gasteiger partial charge in [-0.05, 0) is 30.7 Å². The van der Waals surface area contributed by atoms with E-state index in [-0.39, 0.29) is 5.91 Å². The normalized spacial score (nSPS) is 13.8. The van der Waals surface area contributed by atoms with Crippen molar-refractivity contribution in [1.82, 2.24) is 19.9 Å². The number of nitrogen functional groups attached to an aromatic ring is 1. The maximum atomic E-state index is 13.0. The van der Waals surface area contributed by atoms with Crippen molar-refractivity contribution in [3.8, 4) is 28.1 Å². The molecule has 8 nitrogen and oxygen atoms in total. The number of pyridine rings is 1. The quantitative estimate of drug-likeness (QED) is 0.678. The summed E-state index contributed by atoms with van der Waals surface area (Å²) in [5.74, 6) is 0.895. The maximum Gasteiger partial charge on any atom is 0.257 e. The molecular weight excluding hydrogens is 394 g/mol. The molecule has 1 aliphatic rings. The molecule has 1 saturated heterocycles. The molecule has 4 rings (SSSR count). The molecule has 0 saturated carbocycles. The predicted octanol–water partition coefficient (Wildman–Crippen LogP) is 2.83. The van der Waals surface area contributed by atoms with Gasteiger partial charge in [0.15, 0.2) is 0 Å². The number of benzene rings is 1. The van der Waals surface area contributed by atoms with Gasteiger partial charge in [0.25, 0.3) is 5.91 Å². The third-order valence-electron chi connectivity index (χ3n) is 5.34. The molecule has 0 radical (unpaired) electrons. The fourth-order valence-electron chi connectivity index (χ4n) is 3.72. The minimum Gasteiger partial charge on any atom is -0.496 e. The lowest BCUT2D eigenvalue weighted by Gasteiger charge is -2.27. The fraction of sp³-hybridized carbons (Fsp3) is 0.304. The number of anilines is 1. The average molecular weight is 419 g/mol. The molecule has 1 aliphatic heterocycles. The molecule has 0 atom stereocenters. The number of rotatable bonds is 5. The Kier molecular flexibility index (Phi) is 6.08. The zero-order valence-electron chi connectivity index (χ0n) is 17.7. The number of morpholine rings is 1. The van der Waals surface area contributed by atoms with Crippen LogP contribution in [0.4, 0.5) is 5.82 Å². The van der Waals surface area contributed by atoms with Crippen LogP contribution in [0.15, 0.2) is 42.9 Å². The highest BCUT2D eigenvalue weighted by molar-refractivity contribution is 5.98. The van der Waals surface area contributed by atoms with E-state index in [1.807, 2.05) is 25.1 Å². The number of hydrogen-bond donors (Lipinski definition) is 1. The molecular formula is C23H25N5O3. The number of aromatic nitrogens is 3. The molecule has 2 N–H and O–H groups in total. The second-order valence-corrected chi connectivity index (χ2v) is 7.19. The van der Waals surface area contributed by atoms with Crippen molar-refractivity contribution in [1.29, 1.82) is 0 Å². The molecule has 1 aromatic carbocycles. The van der Waals surface area contributed by atoms with Crippen LogP contribution >= 0.6 is 0 Å². The first-order valence-corrected chi connectivity index (χ1v) is 10.2. The highest BCUT2D eigenvalue weighted by Crippen LogP contribution is 2.35. The highest BCUT2D eigenvalue weighted by Gasteiger charge is 2.23. The molecule has 0 bridgehead atoms. The second-order valence-electron chi connectivity index (χ2n) is 7.19. The van der Waals surface area contributed by atoms with E-state index in [1.165, 1.54) is 0 Å². The molecule has 8 heteroatoms. The standard InChI is InChI=1S/C23H25N5O3/c1-3-18-21(16-5-7-20(24)25-13-16)22(27-14-26-18)15-4-6-17(19(12-15)30-2)23(29)28-8-10-31-11-9-28/h4-7,12-14H,3,8-11H2,1-2H3,(H2,24,25). The summed E-state index contributed by atoms with van der Waals surface area (Å²) in [5.41, 5.74) is 10.6. The Balaban J connectivity index is 1.78. The zero-order valence-corrected chi connectivity index (χ0v) is 17.7. The van der Waals surface area contributed by atoms with Gasteiger partial charge >= 0.3 is 0 Å². The first kappa shape index (κ1) is 20.7. The number of hydrogen-bond acceptors (Lipinski definition) is 7. The van der Waals surface area contributed by atoms with Gasteiger partial charge in [0.1, 0.15) is 17.9 Å². The van der Waals surface area contributed by atoms with Crippen LogP contribution in [0.3, 0.4) is 0 Å². The topological polar surface area (TPSA) is 103 Å². The summed E-state index contributed by atoms with van der Waals surface area (Å²) in [5, 5.41) is 0. The molecule has 0 aliphatic carbocycles. The summed E-state index contributed by atoms with van der Waals surface area (Å²) in [4.78, 5) is 28.0. The van der Waals surface area contributed by atoms with E-state index in [0.717, 1.165) is 34.5 Å². The molecule has 3 aromatic rings. The van der Waals surface area contributed by atoms with Crippen LogP contribution in [-0.4, -0.2) is 59.2 Å². The fourth-order valence-corrected chi connectivity index (χ4v) is 3.72. The van der Waals surface area contributed by atoms with Crippen LogP contribution in [0.1, 0.15) is 23.0 Å². The Morgan fingerprint density at radius 2 is 1.90 bits per heavy atom. The molecule has 1 amide bonds. The van der Waals surface area contributed by atoms with Gasteiger partial charge in [-0.15, -0.1) is 0 Å². The van der Waals surface area contributed by atoms with Crippen LogP contribution in [0.25, 0.3) is 22.4 Å².